The molecule has 4 nitrogen and oxygen atoms in total. The second-order valence-electron chi connectivity index (χ2n) is 6.62. The van der Waals surface area contributed by atoms with Crippen LogP contribution in [0.4, 0.5) is 5.69 Å². The van der Waals surface area contributed by atoms with Crippen molar-refractivity contribution < 1.29 is 9.53 Å². The molecule has 2 aromatic carbocycles. The third kappa shape index (κ3) is 4.18. The van der Waals surface area contributed by atoms with E-state index in [9.17, 15) is 4.79 Å². The second kappa shape index (κ2) is 8.44. The molecule has 0 aliphatic heterocycles. The van der Waals surface area contributed by atoms with Crippen molar-refractivity contribution in [2.45, 2.75) is 27.7 Å². The van der Waals surface area contributed by atoms with Gasteiger partial charge in [-0.1, -0.05) is 23.7 Å². The minimum Gasteiger partial charge on any atom is -0.462 e. The Morgan fingerprint density at radius 2 is 1.93 bits per heavy atom. The number of hydrogen-bond acceptors (Lipinski definition) is 3. The lowest BCUT2D eigenvalue weighted by Gasteiger charge is -2.11. The van der Waals surface area contributed by atoms with Crippen molar-refractivity contribution in [1.29, 1.82) is 0 Å². The molecule has 0 atom stereocenters. The summed E-state index contributed by atoms with van der Waals surface area (Å²) < 4.78 is 7.21. The summed E-state index contributed by atoms with van der Waals surface area (Å²) in [4.78, 5) is 16.6. The molecular weight excluding hydrogens is 372 g/mol. The molecule has 3 aromatic rings. The van der Waals surface area contributed by atoms with Crippen LogP contribution in [-0.4, -0.2) is 23.4 Å². The van der Waals surface area contributed by atoms with Gasteiger partial charge in [-0.3, -0.25) is 4.99 Å². The van der Waals surface area contributed by atoms with E-state index in [4.69, 9.17) is 16.3 Å². The van der Waals surface area contributed by atoms with Crippen molar-refractivity contribution in [3.8, 4) is 5.69 Å². The summed E-state index contributed by atoms with van der Waals surface area (Å²) in [6, 6.07) is 15.3. The minimum absolute atomic E-state index is 0.315. The van der Waals surface area contributed by atoms with E-state index in [1.807, 2.05) is 63.4 Å². The molecule has 0 saturated heterocycles. The Morgan fingerprint density at radius 3 is 2.64 bits per heavy atom. The maximum atomic E-state index is 12.1. The van der Waals surface area contributed by atoms with Crippen molar-refractivity contribution in [1.82, 2.24) is 4.57 Å². The molecule has 0 amide bonds. The van der Waals surface area contributed by atoms with E-state index in [-0.39, 0.29) is 5.97 Å². The van der Waals surface area contributed by atoms with Crippen LogP contribution in [0.15, 0.2) is 53.5 Å². The fourth-order valence-electron chi connectivity index (χ4n) is 3.11. The third-order valence-corrected chi connectivity index (χ3v) is 5.00. The van der Waals surface area contributed by atoms with Gasteiger partial charge < -0.3 is 9.30 Å². The Balaban J connectivity index is 1.94. The van der Waals surface area contributed by atoms with Gasteiger partial charge in [-0.25, -0.2) is 4.79 Å². The maximum Gasteiger partial charge on any atom is 0.338 e. The number of nitrogens with zero attached hydrogens (tertiary/aromatic N) is 2. The maximum absolute atomic E-state index is 12.1. The van der Waals surface area contributed by atoms with Crippen molar-refractivity contribution in [2.75, 3.05) is 6.61 Å². The number of aromatic nitrogens is 1. The Kier molecular flexibility index (Phi) is 6.00. The highest BCUT2D eigenvalue weighted by Crippen LogP contribution is 2.24. The van der Waals surface area contributed by atoms with Crippen LogP contribution in [0.25, 0.3) is 5.69 Å². The first-order valence-corrected chi connectivity index (χ1v) is 9.55. The zero-order chi connectivity index (χ0) is 20.3. The summed E-state index contributed by atoms with van der Waals surface area (Å²) >= 11 is 6.18. The van der Waals surface area contributed by atoms with Crippen LogP contribution in [-0.2, 0) is 4.74 Å². The summed E-state index contributed by atoms with van der Waals surface area (Å²) in [6.07, 6.45) is 1.84. The molecule has 0 fully saturated rings. The van der Waals surface area contributed by atoms with Gasteiger partial charge in [-0.2, -0.15) is 0 Å². The second-order valence-corrected chi connectivity index (χ2v) is 7.03. The van der Waals surface area contributed by atoms with Crippen molar-refractivity contribution in [3.63, 3.8) is 0 Å². The standard InChI is InChI=1S/C23H23ClN2O2/c1-5-28-23(27)18-7-6-8-21(12-18)26-16(3)11-19(17(26)4)14-25-20-10-9-15(2)22(24)13-20/h6-14H,5H2,1-4H3. The Bertz CT molecular complexity index is 1050. The van der Waals surface area contributed by atoms with Gasteiger partial charge >= 0.3 is 5.97 Å². The average Bonchev–Trinajstić information content (AvgIpc) is 2.96. The van der Waals surface area contributed by atoms with Gasteiger partial charge in [-0.15, -0.1) is 0 Å². The first-order valence-electron chi connectivity index (χ1n) is 9.17. The zero-order valence-electron chi connectivity index (χ0n) is 16.5. The van der Waals surface area contributed by atoms with Crippen LogP contribution in [0.3, 0.4) is 0 Å². The molecule has 5 heteroatoms. The summed E-state index contributed by atoms with van der Waals surface area (Å²) in [5.41, 5.74) is 6.40. The largest absolute Gasteiger partial charge is 0.462 e. The number of carbonyl (C=O) groups excluding carboxylic acids is 1. The molecule has 3 rings (SSSR count). The van der Waals surface area contributed by atoms with Gasteiger partial charge in [0.2, 0.25) is 0 Å². The molecule has 0 bridgehead atoms. The number of hydrogen-bond donors (Lipinski definition) is 0. The molecule has 0 spiro atoms. The first-order chi connectivity index (χ1) is 13.4. The predicted octanol–water partition coefficient (Wildman–Crippen LogP) is 5.98. The lowest BCUT2D eigenvalue weighted by Crippen LogP contribution is -2.06. The molecule has 0 unspecified atom stereocenters. The Labute approximate surface area is 170 Å². The number of ether oxygens (including phenoxy) is 1. The summed E-state index contributed by atoms with van der Waals surface area (Å²) in [5.74, 6) is -0.315. The summed E-state index contributed by atoms with van der Waals surface area (Å²) in [5, 5.41) is 0.705. The predicted molar refractivity (Wildman–Crippen MR) is 115 cm³/mol. The van der Waals surface area contributed by atoms with E-state index in [0.717, 1.165) is 33.9 Å². The fourth-order valence-corrected chi connectivity index (χ4v) is 3.28. The molecule has 0 N–H and O–H groups in total. The molecule has 0 radical (unpaired) electrons. The van der Waals surface area contributed by atoms with Crippen LogP contribution < -0.4 is 0 Å². The van der Waals surface area contributed by atoms with Gasteiger partial charge in [0.05, 0.1) is 17.9 Å². The number of rotatable bonds is 5. The lowest BCUT2D eigenvalue weighted by molar-refractivity contribution is 0.0526. The van der Waals surface area contributed by atoms with E-state index in [1.54, 1.807) is 13.0 Å². The number of esters is 1. The Hall–Kier alpha value is -2.85. The van der Waals surface area contributed by atoms with Crippen LogP contribution in [0, 0.1) is 20.8 Å². The third-order valence-electron chi connectivity index (χ3n) is 4.59. The van der Waals surface area contributed by atoms with E-state index in [2.05, 4.69) is 15.6 Å². The molecule has 1 heterocycles. The van der Waals surface area contributed by atoms with E-state index in [1.165, 1.54) is 0 Å². The molecule has 0 saturated carbocycles. The first kappa shape index (κ1) is 19.9. The fraction of sp³-hybridized carbons (Fsp3) is 0.217. The van der Waals surface area contributed by atoms with E-state index < -0.39 is 0 Å². The number of benzene rings is 2. The van der Waals surface area contributed by atoms with Crippen LogP contribution in [0.5, 0.6) is 0 Å². The monoisotopic (exact) mass is 394 g/mol. The minimum atomic E-state index is -0.315. The molecule has 144 valence electrons. The molecule has 28 heavy (non-hydrogen) atoms. The van der Waals surface area contributed by atoms with Gasteiger partial charge in [0.25, 0.3) is 0 Å². The molecular formula is C23H23ClN2O2. The van der Waals surface area contributed by atoms with E-state index in [0.29, 0.717) is 17.2 Å². The van der Waals surface area contributed by atoms with Crippen molar-refractivity contribution >= 4 is 29.5 Å². The SMILES string of the molecule is CCOC(=O)c1cccc(-n2c(C)cc(C=Nc3ccc(C)c(Cl)c3)c2C)c1. The van der Waals surface area contributed by atoms with E-state index >= 15 is 0 Å². The summed E-state index contributed by atoms with van der Waals surface area (Å²) in [7, 11) is 0. The quantitative estimate of drug-likeness (QED) is 0.394. The zero-order valence-corrected chi connectivity index (χ0v) is 17.2. The highest BCUT2D eigenvalue weighted by molar-refractivity contribution is 6.31. The summed E-state index contributed by atoms with van der Waals surface area (Å²) in [6.45, 7) is 8.19. The highest BCUT2D eigenvalue weighted by Gasteiger charge is 2.12. The molecule has 1 aromatic heterocycles. The van der Waals surface area contributed by atoms with Gasteiger partial charge in [-0.05, 0) is 69.7 Å². The Morgan fingerprint density at radius 1 is 1.14 bits per heavy atom. The average molecular weight is 395 g/mol. The number of aryl methyl sites for hydroxylation is 2. The molecule has 0 aliphatic rings. The number of carbonyl (C=O) groups is 1. The highest BCUT2D eigenvalue weighted by atomic mass is 35.5. The van der Waals surface area contributed by atoms with Crippen LogP contribution in [0.1, 0.15) is 39.8 Å². The van der Waals surface area contributed by atoms with Crippen LogP contribution in [0.2, 0.25) is 5.02 Å². The van der Waals surface area contributed by atoms with Gasteiger partial charge in [0.15, 0.2) is 0 Å². The van der Waals surface area contributed by atoms with Crippen molar-refractivity contribution in [3.05, 3.63) is 81.6 Å². The number of aliphatic imine (C=N–C) groups is 1. The topological polar surface area (TPSA) is 43.6 Å². The smallest absolute Gasteiger partial charge is 0.338 e. The lowest BCUT2D eigenvalue weighted by atomic mass is 10.2. The normalized spacial score (nSPS) is 11.2. The van der Waals surface area contributed by atoms with Gasteiger partial charge in [0, 0.05) is 33.9 Å². The number of halogens is 1. The van der Waals surface area contributed by atoms with Crippen LogP contribution >= 0.6 is 11.6 Å². The molecule has 0 aliphatic carbocycles. The van der Waals surface area contributed by atoms with Crippen molar-refractivity contribution in [2.24, 2.45) is 4.99 Å². The van der Waals surface area contributed by atoms with Gasteiger partial charge in [0.1, 0.15) is 0 Å².